The molecule has 0 aliphatic rings. The van der Waals surface area contributed by atoms with Crippen LogP contribution >= 0.6 is 0 Å². The number of benzene rings is 1. The van der Waals surface area contributed by atoms with Gasteiger partial charge in [-0.2, -0.15) is 8.42 Å². The van der Waals surface area contributed by atoms with Gasteiger partial charge in [-0.05, 0) is 18.2 Å². The Balaban J connectivity index is 3.08. The molecular weight excluding hydrogens is 206 g/mol. The van der Waals surface area contributed by atoms with Gasteiger partial charge in [0.2, 0.25) is 0 Å². The fraction of sp³-hybridized carbons (Fsp3) is 0.125. The van der Waals surface area contributed by atoms with Crippen molar-refractivity contribution in [1.29, 1.82) is 0 Å². The first-order valence-electron chi connectivity index (χ1n) is 3.63. The van der Waals surface area contributed by atoms with Crippen molar-refractivity contribution in [3.05, 3.63) is 29.8 Å². The van der Waals surface area contributed by atoms with Crippen LogP contribution in [0.5, 0.6) is 5.75 Å². The van der Waals surface area contributed by atoms with Crippen molar-refractivity contribution in [1.82, 2.24) is 0 Å². The van der Waals surface area contributed by atoms with Crippen LogP contribution in [0.15, 0.2) is 28.6 Å². The lowest BCUT2D eigenvalue weighted by molar-refractivity contribution is 0.100. The smallest absolute Gasteiger partial charge is 0.319 e. The standard InChI is InChI=1S/C8H7NO4S/c1-13-7-4-2-3-6(5-7)8(10)9-14(11)12/h2-5H,1H3. The van der Waals surface area contributed by atoms with E-state index in [0.29, 0.717) is 5.75 Å². The van der Waals surface area contributed by atoms with Gasteiger partial charge in [-0.3, -0.25) is 4.79 Å². The lowest BCUT2D eigenvalue weighted by atomic mass is 10.2. The Kier molecular flexibility index (Phi) is 3.35. The molecule has 0 saturated carbocycles. The molecule has 0 spiro atoms. The Morgan fingerprint density at radius 1 is 1.43 bits per heavy atom. The second kappa shape index (κ2) is 4.52. The maximum Gasteiger partial charge on any atom is 0.319 e. The third-order valence-electron chi connectivity index (χ3n) is 1.47. The third-order valence-corrected chi connectivity index (χ3v) is 1.79. The van der Waals surface area contributed by atoms with Crippen molar-refractivity contribution >= 4 is 16.4 Å². The molecule has 6 heteroatoms. The molecule has 0 bridgehead atoms. The molecule has 5 nitrogen and oxygen atoms in total. The fourth-order valence-corrected chi connectivity index (χ4v) is 1.12. The van der Waals surface area contributed by atoms with E-state index in [0.717, 1.165) is 0 Å². The van der Waals surface area contributed by atoms with E-state index >= 15 is 0 Å². The molecule has 0 N–H and O–H groups in total. The summed E-state index contributed by atoms with van der Waals surface area (Å²) in [7, 11) is -1.27. The maximum absolute atomic E-state index is 11.1. The molecule has 1 aromatic carbocycles. The summed E-state index contributed by atoms with van der Waals surface area (Å²) in [6.07, 6.45) is 0. The van der Waals surface area contributed by atoms with Crippen LogP contribution in [0.3, 0.4) is 0 Å². The zero-order valence-electron chi connectivity index (χ0n) is 7.30. The third kappa shape index (κ3) is 2.67. The average Bonchev–Trinajstić information content (AvgIpc) is 2.17. The van der Waals surface area contributed by atoms with E-state index in [1.165, 1.54) is 19.2 Å². The number of amides is 1. The molecule has 0 aromatic heterocycles. The van der Waals surface area contributed by atoms with Crippen LogP contribution in [0.4, 0.5) is 0 Å². The Hall–Kier alpha value is -1.69. The van der Waals surface area contributed by atoms with Crippen LogP contribution in [0.25, 0.3) is 0 Å². The predicted molar refractivity (Wildman–Crippen MR) is 48.7 cm³/mol. The van der Waals surface area contributed by atoms with Crippen LogP contribution in [0.2, 0.25) is 0 Å². The van der Waals surface area contributed by atoms with Crippen LogP contribution < -0.4 is 4.74 Å². The highest BCUT2D eigenvalue weighted by atomic mass is 32.2. The van der Waals surface area contributed by atoms with Gasteiger partial charge < -0.3 is 4.74 Å². The maximum atomic E-state index is 11.1. The second-order valence-electron chi connectivity index (χ2n) is 2.35. The normalized spacial score (nSPS) is 9.21. The van der Waals surface area contributed by atoms with Gasteiger partial charge in [0.1, 0.15) is 5.75 Å². The summed E-state index contributed by atoms with van der Waals surface area (Å²) in [4.78, 5) is 11.1. The molecule has 0 unspecified atom stereocenters. The molecule has 74 valence electrons. The number of hydrogen-bond donors (Lipinski definition) is 0. The number of hydrogen-bond acceptors (Lipinski definition) is 4. The second-order valence-corrected chi connectivity index (χ2v) is 2.96. The predicted octanol–water partition coefficient (Wildman–Crippen LogP) is 0.898. The van der Waals surface area contributed by atoms with E-state index in [-0.39, 0.29) is 5.56 Å². The van der Waals surface area contributed by atoms with E-state index in [2.05, 4.69) is 4.36 Å². The highest BCUT2D eigenvalue weighted by molar-refractivity contribution is 7.62. The van der Waals surface area contributed by atoms with Gasteiger partial charge in [0.25, 0.3) is 5.91 Å². The highest BCUT2D eigenvalue weighted by Crippen LogP contribution is 2.12. The number of nitrogens with zero attached hydrogens (tertiary/aromatic N) is 1. The van der Waals surface area contributed by atoms with Crippen molar-refractivity contribution in [3.8, 4) is 5.75 Å². The van der Waals surface area contributed by atoms with E-state index in [1.807, 2.05) is 0 Å². The largest absolute Gasteiger partial charge is 0.497 e. The molecule has 1 rings (SSSR count). The first-order valence-corrected chi connectivity index (χ1v) is 4.66. The van der Waals surface area contributed by atoms with Crippen LogP contribution in [0, 0.1) is 0 Å². The van der Waals surface area contributed by atoms with E-state index < -0.39 is 16.4 Å². The van der Waals surface area contributed by atoms with Crippen LogP contribution in [-0.2, 0) is 10.5 Å². The van der Waals surface area contributed by atoms with E-state index in [1.54, 1.807) is 12.1 Å². The lowest BCUT2D eigenvalue weighted by Gasteiger charge is -1.99. The first kappa shape index (κ1) is 10.4. The van der Waals surface area contributed by atoms with Crippen molar-refractivity contribution in [3.63, 3.8) is 0 Å². The minimum Gasteiger partial charge on any atom is -0.497 e. The zero-order chi connectivity index (χ0) is 10.6. The molecule has 0 atom stereocenters. The number of ether oxygens (including phenoxy) is 1. The molecule has 0 saturated heterocycles. The Morgan fingerprint density at radius 3 is 2.71 bits per heavy atom. The summed E-state index contributed by atoms with van der Waals surface area (Å²) in [6, 6.07) is 6.10. The minimum atomic E-state index is -2.72. The number of carbonyl (C=O) groups is 1. The molecule has 0 radical (unpaired) electrons. The van der Waals surface area contributed by atoms with Gasteiger partial charge in [0, 0.05) is 5.56 Å². The zero-order valence-corrected chi connectivity index (χ0v) is 8.11. The quantitative estimate of drug-likeness (QED) is 0.731. The summed E-state index contributed by atoms with van der Waals surface area (Å²) in [6.45, 7) is 0. The summed E-state index contributed by atoms with van der Waals surface area (Å²) >= 11 is 0. The SMILES string of the molecule is COc1cccc(C(=O)N=S(=O)=O)c1. The summed E-state index contributed by atoms with van der Waals surface area (Å²) in [5.74, 6) is -0.333. The Morgan fingerprint density at radius 2 is 2.14 bits per heavy atom. The van der Waals surface area contributed by atoms with Gasteiger partial charge >= 0.3 is 10.5 Å². The monoisotopic (exact) mass is 213 g/mol. The lowest BCUT2D eigenvalue weighted by Crippen LogP contribution is -1.94. The Labute approximate surface area is 82.0 Å². The topological polar surface area (TPSA) is 72.8 Å². The summed E-state index contributed by atoms with van der Waals surface area (Å²) < 4.78 is 27.9. The van der Waals surface area contributed by atoms with Gasteiger partial charge in [0.05, 0.1) is 7.11 Å². The minimum absolute atomic E-state index is 0.175. The number of rotatable bonds is 2. The molecule has 0 fully saturated rings. The molecular formula is C8H7NO4S. The summed E-state index contributed by atoms with van der Waals surface area (Å²) in [5.41, 5.74) is 0.175. The first-order chi connectivity index (χ1) is 6.63. The van der Waals surface area contributed by atoms with Crippen LogP contribution in [-0.4, -0.2) is 21.4 Å². The highest BCUT2D eigenvalue weighted by Gasteiger charge is 2.04. The molecule has 1 aromatic rings. The molecule has 0 heterocycles. The molecule has 14 heavy (non-hydrogen) atoms. The number of carbonyl (C=O) groups excluding carboxylic acids is 1. The van der Waals surface area contributed by atoms with Crippen molar-refractivity contribution in [2.75, 3.05) is 7.11 Å². The van der Waals surface area contributed by atoms with Crippen LogP contribution in [0.1, 0.15) is 10.4 Å². The van der Waals surface area contributed by atoms with Gasteiger partial charge in [-0.25, -0.2) is 0 Å². The van der Waals surface area contributed by atoms with Crippen molar-refractivity contribution in [2.24, 2.45) is 4.36 Å². The van der Waals surface area contributed by atoms with Gasteiger partial charge in [-0.1, -0.05) is 10.4 Å². The molecule has 1 amide bonds. The van der Waals surface area contributed by atoms with E-state index in [4.69, 9.17) is 4.74 Å². The van der Waals surface area contributed by atoms with Crippen molar-refractivity contribution < 1.29 is 17.9 Å². The van der Waals surface area contributed by atoms with Gasteiger partial charge in [0.15, 0.2) is 0 Å². The fourth-order valence-electron chi connectivity index (χ4n) is 0.877. The average molecular weight is 213 g/mol. The number of methoxy groups -OCH3 is 1. The summed E-state index contributed by atoms with van der Waals surface area (Å²) in [5, 5.41) is 0. The van der Waals surface area contributed by atoms with Crippen molar-refractivity contribution in [2.45, 2.75) is 0 Å². The molecule has 0 aliphatic heterocycles. The molecule has 0 aliphatic carbocycles. The van der Waals surface area contributed by atoms with E-state index in [9.17, 15) is 13.2 Å². The Bertz CT molecular complexity index is 470. The van der Waals surface area contributed by atoms with Gasteiger partial charge in [-0.15, -0.1) is 0 Å².